The van der Waals surface area contributed by atoms with Crippen LogP contribution in [0.15, 0.2) is 29.3 Å². The lowest BCUT2D eigenvalue weighted by Gasteiger charge is -2.20. The molecule has 0 spiro atoms. The number of aromatic nitrogens is 2. The number of hydrogen-bond acceptors (Lipinski definition) is 4. The Morgan fingerprint density at radius 3 is 2.95 bits per heavy atom. The summed E-state index contributed by atoms with van der Waals surface area (Å²) in [5.74, 6) is 0. The van der Waals surface area contributed by atoms with Crippen LogP contribution in [-0.2, 0) is 23.0 Å². The zero-order valence-electron chi connectivity index (χ0n) is 11.1. The Kier molecular flexibility index (Phi) is 3.23. The van der Waals surface area contributed by atoms with Crippen molar-refractivity contribution in [3.8, 4) is 0 Å². The average Bonchev–Trinajstić information content (AvgIpc) is 2.86. The number of rotatable bonds is 3. The van der Waals surface area contributed by atoms with Gasteiger partial charge in [-0.25, -0.2) is 8.42 Å². The van der Waals surface area contributed by atoms with Crippen molar-refractivity contribution in [2.24, 2.45) is 0 Å². The van der Waals surface area contributed by atoms with Crippen LogP contribution in [0, 0.1) is 6.92 Å². The lowest BCUT2D eigenvalue weighted by atomic mass is 10.00. The van der Waals surface area contributed by atoms with Gasteiger partial charge in [-0.15, -0.1) is 0 Å². The minimum atomic E-state index is -3.61. The summed E-state index contributed by atoms with van der Waals surface area (Å²) in [4.78, 5) is 0.180. The second-order valence-corrected chi connectivity index (χ2v) is 6.49. The molecule has 2 heterocycles. The maximum Gasteiger partial charge on any atom is 0.265 e. The summed E-state index contributed by atoms with van der Waals surface area (Å²) in [6.45, 7) is 3.28. The normalized spacial score (nSPS) is 14.8. The van der Waals surface area contributed by atoms with Gasteiger partial charge in [0.25, 0.3) is 10.0 Å². The van der Waals surface area contributed by atoms with E-state index in [9.17, 15) is 8.42 Å². The molecule has 2 aromatic rings. The first-order valence-corrected chi connectivity index (χ1v) is 7.90. The van der Waals surface area contributed by atoms with Gasteiger partial charge in [-0.1, -0.05) is 12.1 Å². The van der Waals surface area contributed by atoms with Gasteiger partial charge >= 0.3 is 0 Å². The van der Waals surface area contributed by atoms with E-state index in [-0.39, 0.29) is 4.90 Å². The molecular weight excluding hydrogens is 276 g/mol. The van der Waals surface area contributed by atoms with Crippen molar-refractivity contribution in [3.05, 3.63) is 41.2 Å². The van der Waals surface area contributed by atoms with Gasteiger partial charge in [-0.05, 0) is 37.1 Å². The number of hydrogen-bond donors (Lipinski definition) is 3. The molecule has 6 nitrogen and oxygen atoms in total. The van der Waals surface area contributed by atoms with Crippen molar-refractivity contribution in [1.82, 2.24) is 15.5 Å². The summed E-state index contributed by atoms with van der Waals surface area (Å²) in [7, 11) is -3.61. The minimum absolute atomic E-state index is 0.180. The lowest BCUT2D eigenvalue weighted by molar-refractivity contribution is 0.600. The highest BCUT2D eigenvalue weighted by Crippen LogP contribution is 2.25. The molecule has 1 aliphatic heterocycles. The van der Waals surface area contributed by atoms with Gasteiger partial charge in [0, 0.05) is 6.54 Å². The zero-order chi connectivity index (χ0) is 14.2. The largest absolute Gasteiger partial charge is 0.312 e. The number of aromatic amines is 1. The van der Waals surface area contributed by atoms with Crippen LogP contribution >= 0.6 is 0 Å². The first kappa shape index (κ1) is 13.1. The van der Waals surface area contributed by atoms with Gasteiger partial charge in [0.2, 0.25) is 0 Å². The maximum absolute atomic E-state index is 12.4. The van der Waals surface area contributed by atoms with E-state index in [0.29, 0.717) is 17.9 Å². The number of sulfonamides is 1. The van der Waals surface area contributed by atoms with Crippen LogP contribution in [0.25, 0.3) is 0 Å². The molecule has 7 heteroatoms. The Bertz CT molecular complexity index is 737. The molecule has 106 valence electrons. The third kappa shape index (κ3) is 2.30. The zero-order valence-corrected chi connectivity index (χ0v) is 11.9. The highest BCUT2D eigenvalue weighted by Gasteiger charge is 2.21. The molecule has 0 amide bonds. The van der Waals surface area contributed by atoms with E-state index in [1.807, 2.05) is 12.1 Å². The third-order valence-corrected chi connectivity index (χ3v) is 4.94. The Hall–Kier alpha value is -1.86. The van der Waals surface area contributed by atoms with Gasteiger partial charge in [-0.2, -0.15) is 5.10 Å². The van der Waals surface area contributed by atoms with Gasteiger partial charge in [-0.3, -0.25) is 9.82 Å². The van der Waals surface area contributed by atoms with E-state index in [1.54, 1.807) is 13.0 Å². The fraction of sp³-hybridized carbons (Fsp3) is 0.308. The molecule has 1 aromatic heterocycles. The molecule has 1 aliphatic rings. The topological polar surface area (TPSA) is 86.9 Å². The maximum atomic E-state index is 12.4. The average molecular weight is 292 g/mol. The highest BCUT2D eigenvalue weighted by atomic mass is 32.2. The highest BCUT2D eigenvalue weighted by molar-refractivity contribution is 7.92. The van der Waals surface area contributed by atoms with Gasteiger partial charge in [0.05, 0.1) is 17.6 Å². The summed E-state index contributed by atoms with van der Waals surface area (Å²) in [6, 6.07) is 5.71. The number of aryl methyl sites for hydroxylation is 1. The van der Waals surface area contributed by atoms with E-state index in [0.717, 1.165) is 18.5 Å². The fourth-order valence-corrected chi connectivity index (χ4v) is 3.65. The molecule has 0 atom stereocenters. The van der Waals surface area contributed by atoms with Gasteiger partial charge in [0.1, 0.15) is 4.90 Å². The minimum Gasteiger partial charge on any atom is -0.312 e. The van der Waals surface area contributed by atoms with Crippen molar-refractivity contribution in [1.29, 1.82) is 0 Å². The van der Waals surface area contributed by atoms with Gasteiger partial charge < -0.3 is 5.32 Å². The second-order valence-electron chi connectivity index (χ2n) is 4.83. The van der Waals surface area contributed by atoms with Crippen LogP contribution in [0.4, 0.5) is 5.69 Å². The number of nitrogens with zero attached hydrogens (tertiary/aromatic N) is 1. The molecule has 0 saturated heterocycles. The van der Waals surface area contributed by atoms with Crippen molar-refractivity contribution >= 4 is 15.7 Å². The quantitative estimate of drug-likeness (QED) is 0.792. The van der Waals surface area contributed by atoms with Crippen LogP contribution in [0.3, 0.4) is 0 Å². The first-order valence-electron chi connectivity index (χ1n) is 6.42. The summed E-state index contributed by atoms with van der Waals surface area (Å²) in [6.07, 6.45) is 2.24. The van der Waals surface area contributed by atoms with Crippen LogP contribution < -0.4 is 10.0 Å². The van der Waals surface area contributed by atoms with Crippen molar-refractivity contribution in [2.45, 2.75) is 24.8 Å². The number of benzene rings is 1. The molecule has 3 rings (SSSR count). The molecular formula is C13H16N4O2S. The van der Waals surface area contributed by atoms with Crippen molar-refractivity contribution < 1.29 is 8.42 Å². The molecule has 0 saturated carbocycles. The first-order chi connectivity index (χ1) is 9.58. The SMILES string of the molecule is Cc1[nH]ncc1S(=O)(=O)Nc1cccc2c1CNCC2. The van der Waals surface area contributed by atoms with E-state index >= 15 is 0 Å². The Labute approximate surface area is 117 Å². The van der Waals surface area contributed by atoms with E-state index < -0.39 is 10.0 Å². The molecule has 0 fully saturated rings. The monoisotopic (exact) mass is 292 g/mol. The predicted molar refractivity (Wildman–Crippen MR) is 76.0 cm³/mol. The number of fused-ring (bicyclic) bond motifs is 1. The van der Waals surface area contributed by atoms with Gasteiger partial charge in [0.15, 0.2) is 0 Å². The number of nitrogens with one attached hydrogen (secondary N) is 3. The van der Waals surface area contributed by atoms with E-state index in [2.05, 4.69) is 20.2 Å². The molecule has 3 N–H and O–H groups in total. The lowest BCUT2D eigenvalue weighted by Crippen LogP contribution is -2.25. The molecule has 0 aliphatic carbocycles. The molecule has 0 unspecified atom stereocenters. The number of H-pyrrole nitrogens is 1. The predicted octanol–water partition coefficient (Wildman–Crippen LogP) is 1.16. The van der Waals surface area contributed by atoms with E-state index in [4.69, 9.17) is 0 Å². The number of anilines is 1. The summed E-state index contributed by atoms with van der Waals surface area (Å²) in [5, 5.41) is 9.66. The smallest absolute Gasteiger partial charge is 0.265 e. The van der Waals surface area contributed by atoms with Crippen LogP contribution in [0.2, 0.25) is 0 Å². The molecule has 0 radical (unpaired) electrons. The summed E-state index contributed by atoms with van der Waals surface area (Å²) < 4.78 is 27.4. The molecule has 20 heavy (non-hydrogen) atoms. The standard InChI is InChI=1S/C13H16N4O2S/c1-9-13(8-15-16-9)20(18,19)17-12-4-2-3-10-5-6-14-7-11(10)12/h2-4,8,14,17H,5-7H2,1H3,(H,15,16). The van der Waals surface area contributed by atoms with Crippen LogP contribution in [0.5, 0.6) is 0 Å². The second kappa shape index (κ2) is 4.92. The Morgan fingerprint density at radius 1 is 1.35 bits per heavy atom. The Morgan fingerprint density at radius 2 is 2.20 bits per heavy atom. The molecule has 1 aromatic carbocycles. The Balaban J connectivity index is 1.98. The summed E-state index contributed by atoms with van der Waals surface area (Å²) >= 11 is 0. The third-order valence-electron chi connectivity index (χ3n) is 3.46. The molecule has 0 bridgehead atoms. The van der Waals surface area contributed by atoms with Crippen molar-refractivity contribution in [3.63, 3.8) is 0 Å². The van der Waals surface area contributed by atoms with E-state index in [1.165, 1.54) is 11.8 Å². The van der Waals surface area contributed by atoms with Crippen LogP contribution in [0.1, 0.15) is 16.8 Å². The van der Waals surface area contributed by atoms with Crippen LogP contribution in [-0.4, -0.2) is 25.2 Å². The van der Waals surface area contributed by atoms with Crippen molar-refractivity contribution in [2.75, 3.05) is 11.3 Å². The fourth-order valence-electron chi connectivity index (χ4n) is 2.42. The summed E-state index contributed by atoms with van der Waals surface area (Å²) in [5.41, 5.74) is 3.37.